The SMILES string of the molecule is CCOc1ccc(Br)cc1C(=O)c1ccccc1Cl. The lowest BCUT2D eigenvalue weighted by Gasteiger charge is -2.10. The third-order valence-corrected chi connectivity index (χ3v) is 3.43. The van der Waals surface area contributed by atoms with Crippen LogP contribution in [-0.4, -0.2) is 12.4 Å². The summed E-state index contributed by atoms with van der Waals surface area (Å²) in [6, 6.07) is 12.4. The fraction of sp³-hybridized carbons (Fsp3) is 0.133. The summed E-state index contributed by atoms with van der Waals surface area (Å²) >= 11 is 9.43. The molecular formula is C15H12BrClO2. The molecule has 2 aromatic carbocycles. The molecule has 2 rings (SSSR count). The van der Waals surface area contributed by atoms with Gasteiger partial charge in [0, 0.05) is 10.0 Å². The predicted octanol–water partition coefficient (Wildman–Crippen LogP) is 4.73. The molecule has 0 spiro atoms. The second-order valence-corrected chi connectivity index (χ2v) is 5.21. The van der Waals surface area contributed by atoms with Gasteiger partial charge in [0.25, 0.3) is 0 Å². The van der Waals surface area contributed by atoms with E-state index in [0.29, 0.717) is 28.5 Å². The van der Waals surface area contributed by atoms with E-state index in [9.17, 15) is 4.79 Å². The van der Waals surface area contributed by atoms with Crippen molar-refractivity contribution < 1.29 is 9.53 Å². The zero-order valence-corrected chi connectivity index (χ0v) is 12.7. The molecule has 2 aromatic rings. The van der Waals surface area contributed by atoms with Crippen LogP contribution in [0.15, 0.2) is 46.9 Å². The first-order valence-electron chi connectivity index (χ1n) is 5.85. The number of ether oxygens (including phenoxy) is 1. The standard InChI is InChI=1S/C15H12BrClO2/c1-2-19-14-8-7-10(16)9-12(14)15(18)11-5-3-4-6-13(11)17/h3-9H,2H2,1H3. The molecule has 4 heteroatoms. The van der Waals surface area contributed by atoms with Gasteiger partial charge in [-0.05, 0) is 37.3 Å². The quantitative estimate of drug-likeness (QED) is 0.753. The number of benzene rings is 2. The third kappa shape index (κ3) is 3.17. The van der Waals surface area contributed by atoms with Crippen LogP contribution in [-0.2, 0) is 0 Å². The molecular weight excluding hydrogens is 328 g/mol. The molecule has 0 heterocycles. The van der Waals surface area contributed by atoms with Crippen LogP contribution in [0.25, 0.3) is 0 Å². The zero-order chi connectivity index (χ0) is 13.8. The fourth-order valence-corrected chi connectivity index (χ4v) is 2.33. The average molecular weight is 340 g/mol. The third-order valence-electron chi connectivity index (χ3n) is 2.60. The molecule has 0 atom stereocenters. The predicted molar refractivity (Wildman–Crippen MR) is 80.2 cm³/mol. The largest absolute Gasteiger partial charge is 0.493 e. The summed E-state index contributed by atoms with van der Waals surface area (Å²) in [7, 11) is 0. The van der Waals surface area contributed by atoms with Gasteiger partial charge in [-0.2, -0.15) is 0 Å². The Kier molecular flexibility index (Phi) is 4.61. The number of hydrogen-bond donors (Lipinski definition) is 0. The Morgan fingerprint density at radius 1 is 1.21 bits per heavy atom. The molecule has 0 radical (unpaired) electrons. The first-order chi connectivity index (χ1) is 9.13. The highest BCUT2D eigenvalue weighted by Gasteiger charge is 2.17. The smallest absolute Gasteiger partial charge is 0.198 e. The van der Waals surface area contributed by atoms with Gasteiger partial charge >= 0.3 is 0 Å². The van der Waals surface area contributed by atoms with Crippen molar-refractivity contribution in [3.05, 3.63) is 63.1 Å². The topological polar surface area (TPSA) is 26.3 Å². The van der Waals surface area contributed by atoms with E-state index in [0.717, 1.165) is 4.47 Å². The van der Waals surface area contributed by atoms with Crippen LogP contribution >= 0.6 is 27.5 Å². The fourth-order valence-electron chi connectivity index (χ4n) is 1.75. The van der Waals surface area contributed by atoms with Gasteiger partial charge in [0.1, 0.15) is 5.75 Å². The van der Waals surface area contributed by atoms with Gasteiger partial charge in [0.2, 0.25) is 0 Å². The van der Waals surface area contributed by atoms with Crippen molar-refractivity contribution in [3.63, 3.8) is 0 Å². The van der Waals surface area contributed by atoms with Gasteiger partial charge in [-0.3, -0.25) is 4.79 Å². The molecule has 0 aliphatic rings. The summed E-state index contributed by atoms with van der Waals surface area (Å²) < 4.78 is 6.32. The number of hydrogen-bond acceptors (Lipinski definition) is 2. The summed E-state index contributed by atoms with van der Waals surface area (Å²) in [5.74, 6) is 0.422. The van der Waals surface area contributed by atoms with Crippen LogP contribution in [0.4, 0.5) is 0 Å². The first-order valence-corrected chi connectivity index (χ1v) is 7.02. The summed E-state index contributed by atoms with van der Waals surface area (Å²) in [5.41, 5.74) is 0.979. The highest BCUT2D eigenvalue weighted by Crippen LogP contribution is 2.28. The molecule has 0 saturated carbocycles. The molecule has 0 amide bonds. The van der Waals surface area contributed by atoms with E-state index < -0.39 is 0 Å². The van der Waals surface area contributed by atoms with Crippen molar-refractivity contribution >= 4 is 33.3 Å². The Balaban J connectivity index is 2.49. The van der Waals surface area contributed by atoms with Crippen LogP contribution in [0, 0.1) is 0 Å². The Bertz CT molecular complexity index is 611. The van der Waals surface area contributed by atoms with E-state index in [1.54, 1.807) is 36.4 Å². The summed E-state index contributed by atoms with van der Waals surface area (Å²) in [5, 5.41) is 0.440. The van der Waals surface area contributed by atoms with Crippen LogP contribution in [0.3, 0.4) is 0 Å². The highest BCUT2D eigenvalue weighted by molar-refractivity contribution is 9.10. The molecule has 2 nitrogen and oxygen atoms in total. The number of rotatable bonds is 4. The maximum absolute atomic E-state index is 12.5. The van der Waals surface area contributed by atoms with E-state index in [2.05, 4.69) is 15.9 Å². The second-order valence-electron chi connectivity index (χ2n) is 3.88. The Labute approximate surface area is 125 Å². The van der Waals surface area contributed by atoms with Crippen LogP contribution < -0.4 is 4.74 Å². The van der Waals surface area contributed by atoms with E-state index in [1.807, 2.05) is 13.0 Å². The molecule has 0 fully saturated rings. The maximum Gasteiger partial charge on any atom is 0.198 e. The number of carbonyl (C=O) groups is 1. The minimum Gasteiger partial charge on any atom is -0.493 e. The number of carbonyl (C=O) groups excluding carboxylic acids is 1. The Morgan fingerprint density at radius 3 is 2.63 bits per heavy atom. The zero-order valence-electron chi connectivity index (χ0n) is 10.3. The summed E-state index contributed by atoms with van der Waals surface area (Å²) in [6.45, 7) is 2.39. The molecule has 0 aliphatic heterocycles. The van der Waals surface area contributed by atoms with Gasteiger partial charge in [-0.25, -0.2) is 0 Å². The normalized spacial score (nSPS) is 10.3. The summed E-state index contributed by atoms with van der Waals surface area (Å²) in [6.07, 6.45) is 0. The minimum absolute atomic E-state index is 0.143. The molecule has 0 unspecified atom stereocenters. The van der Waals surface area contributed by atoms with E-state index >= 15 is 0 Å². The van der Waals surface area contributed by atoms with Gasteiger partial charge in [-0.1, -0.05) is 39.7 Å². The van der Waals surface area contributed by atoms with Crippen LogP contribution in [0.1, 0.15) is 22.8 Å². The Hall–Kier alpha value is -1.32. The molecule has 0 aliphatic carbocycles. The van der Waals surface area contributed by atoms with E-state index in [-0.39, 0.29) is 5.78 Å². The monoisotopic (exact) mass is 338 g/mol. The molecule has 19 heavy (non-hydrogen) atoms. The minimum atomic E-state index is -0.143. The van der Waals surface area contributed by atoms with Crippen molar-refractivity contribution in [1.82, 2.24) is 0 Å². The molecule has 0 aromatic heterocycles. The number of halogens is 2. The lowest BCUT2D eigenvalue weighted by molar-refractivity contribution is 0.103. The second kappa shape index (κ2) is 6.22. The van der Waals surface area contributed by atoms with Gasteiger partial charge < -0.3 is 4.74 Å². The lowest BCUT2D eigenvalue weighted by Crippen LogP contribution is -2.06. The Morgan fingerprint density at radius 2 is 1.95 bits per heavy atom. The molecule has 0 N–H and O–H groups in total. The van der Waals surface area contributed by atoms with Crippen LogP contribution in [0.2, 0.25) is 5.02 Å². The average Bonchev–Trinajstić information content (AvgIpc) is 2.41. The molecule has 0 bridgehead atoms. The van der Waals surface area contributed by atoms with Crippen molar-refractivity contribution in [2.75, 3.05) is 6.61 Å². The van der Waals surface area contributed by atoms with Crippen molar-refractivity contribution in [3.8, 4) is 5.75 Å². The summed E-state index contributed by atoms with van der Waals surface area (Å²) in [4.78, 5) is 12.5. The first kappa shape index (κ1) is 14.1. The highest BCUT2D eigenvalue weighted by atomic mass is 79.9. The van der Waals surface area contributed by atoms with Gasteiger partial charge in [0.15, 0.2) is 5.78 Å². The maximum atomic E-state index is 12.5. The lowest BCUT2D eigenvalue weighted by atomic mass is 10.0. The van der Waals surface area contributed by atoms with E-state index in [4.69, 9.17) is 16.3 Å². The van der Waals surface area contributed by atoms with Gasteiger partial charge in [-0.15, -0.1) is 0 Å². The van der Waals surface area contributed by atoms with Crippen LogP contribution in [0.5, 0.6) is 5.75 Å². The van der Waals surface area contributed by atoms with Gasteiger partial charge in [0.05, 0.1) is 17.2 Å². The van der Waals surface area contributed by atoms with Crippen molar-refractivity contribution in [2.24, 2.45) is 0 Å². The van der Waals surface area contributed by atoms with Crippen molar-refractivity contribution in [1.29, 1.82) is 0 Å². The molecule has 0 saturated heterocycles. The molecule has 98 valence electrons. The number of ketones is 1. The van der Waals surface area contributed by atoms with E-state index in [1.165, 1.54) is 0 Å². The van der Waals surface area contributed by atoms with Crippen molar-refractivity contribution in [2.45, 2.75) is 6.92 Å².